The van der Waals surface area contributed by atoms with Crippen LogP contribution in [0.1, 0.15) is 39.5 Å². The van der Waals surface area contributed by atoms with Gasteiger partial charge in [-0.3, -0.25) is 4.79 Å². The van der Waals surface area contributed by atoms with Crippen LogP contribution in [-0.4, -0.2) is 42.6 Å². The van der Waals surface area contributed by atoms with E-state index in [9.17, 15) is 4.79 Å². The molecule has 0 bridgehead atoms. The first-order chi connectivity index (χ1) is 11.1. The van der Waals surface area contributed by atoms with Gasteiger partial charge in [0.05, 0.1) is 6.61 Å². The number of hydrogen-bond donors (Lipinski definition) is 1. The van der Waals surface area contributed by atoms with E-state index in [2.05, 4.69) is 6.92 Å². The second kappa shape index (κ2) is 8.77. The molecule has 1 heterocycles. The zero-order chi connectivity index (χ0) is 16.7. The minimum Gasteiger partial charge on any atom is -0.494 e. The summed E-state index contributed by atoms with van der Waals surface area (Å²) in [5.41, 5.74) is 6.01. The predicted molar refractivity (Wildman–Crippen MR) is 90.7 cm³/mol. The molecular weight excluding hydrogens is 292 g/mol. The first kappa shape index (κ1) is 17.6. The molecule has 2 N–H and O–H groups in total. The molecule has 0 spiro atoms. The number of likely N-dealkylation sites (tertiary alicyclic amines) is 1. The number of benzene rings is 1. The molecule has 1 aromatic rings. The smallest absolute Gasteiger partial charge is 0.260 e. The summed E-state index contributed by atoms with van der Waals surface area (Å²) in [6, 6.07) is 7.51. The van der Waals surface area contributed by atoms with Crippen molar-refractivity contribution in [2.75, 3.05) is 19.8 Å². The highest BCUT2D eigenvalue weighted by atomic mass is 16.5. The Morgan fingerprint density at radius 2 is 1.91 bits per heavy atom. The number of amides is 1. The molecule has 0 aromatic heterocycles. The molecule has 5 heteroatoms. The Labute approximate surface area is 138 Å². The third-order valence-electron chi connectivity index (χ3n) is 4.14. The van der Waals surface area contributed by atoms with Crippen LogP contribution in [0, 0.1) is 0 Å². The van der Waals surface area contributed by atoms with Crippen molar-refractivity contribution in [3.8, 4) is 11.5 Å². The van der Waals surface area contributed by atoms with Crippen molar-refractivity contribution in [3.63, 3.8) is 0 Å². The quantitative estimate of drug-likeness (QED) is 0.838. The number of carbonyl (C=O) groups is 1. The van der Waals surface area contributed by atoms with Crippen LogP contribution in [0.3, 0.4) is 0 Å². The minimum atomic E-state index is -0.00533. The summed E-state index contributed by atoms with van der Waals surface area (Å²) in [5, 5.41) is 0. The Morgan fingerprint density at radius 1 is 1.26 bits per heavy atom. The minimum absolute atomic E-state index is 0.00533. The second-order valence-electron chi connectivity index (χ2n) is 6.12. The Hall–Kier alpha value is -1.75. The third-order valence-corrected chi connectivity index (χ3v) is 4.14. The fourth-order valence-electron chi connectivity index (χ4n) is 2.89. The van der Waals surface area contributed by atoms with Gasteiger partial charge in [-0.15, -0.1) is 0 Å². The number of piperidine rings is 1. The molecule has 1 fully saturated rings. The van der Waals surface area contributed by atoms with Gasteiger partial charge >= 0.3 is 0 Å². The molecule has 23 heavy (non-hydrogen) atoms. The lowest BCUT2D eigenvalue weighted by molar-refractivity contribution is -0.137. The van der Waals surface area contributed by atoms with Gasteiger partial charge in [0.1, 0.15) is 11.5 Å². The molecule has 0 radical (unpaired) electrons. The van der Waals surface area contributed by atoms with E-state index in [0.29, 0.717) is 12.4 Å². The number of rotatable bonds is 7. The summed E-state index contributed by atoms with van der Waals surface area (Å²) in [4.78, 5) is 14.3. The Morgan fingerprint density at radius 3 is 2.52 bits per heavy atom. The fraction of sp³-hybridized carbons (Fsp3) is 0.611. The van der Waals surface area contributed by atoms with Crippen LogP contribution >= 0.6 is 0 Å². The van der Waals surface area contributed by atoms with Gasteiger partial charge < -0.3 is 20.1 Å². The number of hydrogen-bond acceptors (Lipinski definition) is 4. The van der Waals surface area contributed by atoms with E-state index in [1.54, 1.807) is 0 Å². The maximum atomic E-state index is 12.4. The maximum Gasteiger partial charge on any atom is 0.260 e. The average molecular weight is 320 g/mol. The molecule has 1 aliphatic heterocycles. The molecule has 2 atom stereocenters. The van der Waals surface area contributed by atoms with Gasteiger partial charge in [-0.05, 0) is 56.9 Å². The standard InChI is InChI=1S/C18H28N2O3/c1-3-12-22-15-7-9-16(10-8-15)23-13-18(21)20-11-5-4-6-17(20)14(2)19/h7-10,14,17H,3-6,11-13,19H2,1-2H3. The third kappa shape index (κ3) is 5.13. The zero-order valence-electron chi connectivity index (χ0n) is 14.2. The average Bonchev–Trinajstić information content (AvgIpc) is 2.58. The lowest BCUT2D eigenvalue weighted by Crippen LogP contribution is -2.52. The van der Waals surface area contributed by atoms with Gasteiger partial charge in [-0.1, -0.05) is 6.92 Å². The highest BCUT2D eigenvalue weighted by molar-refractivity contribution is 5.78. The van der Waals surface area contributed by atoms with Crippen molar-refractivity contribution in [2.45, 2.75) is 51.6 Å². The van der Waals surface area contributed by atoms with Gasteiger partial charge in [0.2, 0.25) is 0 Å². The zero-order valence-corrected chi connectivity index (χ0v) is 14.2. The summed E-state index contributed by atoms with van der Waals surface area (Å²) in [6.45, 7) is 5.56. The number of nitrogens with two attached hydrogens (primary N) is 1. The van der Waals surface area contributed by atoms with Gasteiger partial charge in [0.25, 0.3) is 5.91 Å². The molecule has 5 nitrogen and oxygen atoms in total. The molecule has 2 unspecified atom stereocenters. The molecule has 2 rings (SSSR count). The van der Waals surface area contributed by atoms with Crippen molar-refractivity contribution >= 4 is 5.91 Å². The Balaban J connectivity index is 1.85. The molecule has 1 aliphatic rings. The molecule has 1 amide bonds. The summed E-state index contributed by atoms with van der Waals surface area (Å²) in [7, 11) is 0. The van der Waals surface area contributed by atoms with E-state index in [1.165, 1.54) is 0 Å². The summed E-state index contributed by atoms with van der Waals surface area (Å²) < 4.78 is 11.1. The van der Waals surface area contributed by atoms with E-state index < -0.39 is 0 Å². The van der Waals surface area contributed by atoms with Gasteiger partial charge in [0.15, 0.2) is 6.61 Å². The van der Waals surface area contributed by atoms with Crippen molar-refractivity contribution in [1.82, 2.24) is 4.90 Å². The van der Waals surface area contributed by atoms with Crippen LogP contribution in [0.2, 0.25) is 0 Å². The molecule has 0 aliphatic carbocycles. The molecule has 1 aromatic carbocycles. The van der Waals surface area contributed by atoms with Crippen molar-refractivity contribution in [1.29, 1.82) is 0 Å². The van der Waals surface area contributed by atoms with Gasteiger partial charge in [0, 0.05) is 18.6 Å². The summed E-state index contributed by atoms with van der Waals surface area (Å²) in [6.07, 6.45) is 4.13. The fourth-order valence-corrected chi connectivity index (χ4v) is 2.89. The van der Waals surface area contributed by atoms with Crippen LogP contribution in [0.4, 0.5) is 0 Å². The molecule has 128 valence electrons. The van der Waals surface area contributed by atoms with E-state index in [-0.39, 0.29) is 24.6 Å². The predicted octanol–water partition coefficient (Wildman–Crippen LogP) is 2.58. The van der Waals surface area contributed by atoms with Crippen molar-refractivity contribution in [2.24, 2.45) is 5.73 Å². The van der Waals surface area contributed by atoms with Crippen LogP contribution in [0.5, 0.6) is 11.5 Å². The Kier molecular flexibility index (Phi) is 6.71. The largest absolute Gasteiger partial charge is 0.494 e. The lowest BCUT2D eigenvalue weighted by Gasteiger charge is -2.38. The normalized spacial score (nSPS) is 19.3. The maximum absolute atomic E-state index is 12.4. The van der Waals surface area contributed by atoms with Crippen LogP contribution in [0.25, 0.3) is 0 Å². The number of carbonyl (C=O) groups excluding carboxylic acids is 1. The molecule has 0 saturated carbocycles. The molecule has 1 saturated heterocycles. The van der Waals surface area contributed by atoms with E-state index in [0.717, 1.165) is 38.0 Å². The summed E-state index contributed by atoms with van der Waals surface area (Å²) >= 11 is 0. The van der Waals surface area contributed by atoms with Crippen LogP contribution in [0.15, 0.2) is 24.3 Å². The van der Waals surface area contributed by atoms with E-state index in [4.69, 9.17) is 15.2 Å². The number of ether oxygens (including phenoxy) is 2. The highest BCUT2D eigenvalue weighted by Gasteiger charge is 2.29. The topological polar surface area (TPSA) is 64.8 Å². The summed E-state index contributed by atoms with van der Waals surface area (Å²) in [5.74, 6) is 1.51. The monoisotopic (exact) mass is 320 g/mol. The highest BCUT2D eigenvalue weighted by Crippen LogP contribution is 2.21. The van der Waals surface area contributed by atoms with Crippen LogP contribution < -0.4 is 15.2 Å². The SMILES string of the molecule is CCCOc1ccc(OCC(=O)N2CCCCC2C(C)N)cc1. The van der Waals surface area contributed by atoms with Crippen LogP contribution in [-0.2, 0) is 4.79 Å². The number of nitrogens with zero attached hydrogens (tertiary/aromatic N) is 1. The van der Waals surface area contributed by atoms with E-state index in [1.807, 2.05) is 36.1 Å². The van der Waals surface area contributed by atoms with Gasteiger partial charge in [-0.25, -0.2) is 0 Å². The van der Waals surface area contributed by atoms with Gasteiger partial charge in [-0.2, -0.15) is 0 Å². The Bertz CT molecular complexity index is 488. The lowest BCUT2D eigenvalue weighted by atomic mass is 9.97. The second-order valence-corrected chi connectivity index (χ2v) is 6.12. The molecular formula is C18H28N2O3. The van der Waals surface area contributed by atoms with Crippen molar-refractivity contribution in [3.05, 3.63) is 24.3 Å². The first-order valence-electron chi connectivity index (χ1n) is 8.52. The first-order valence-corrected chi connectivity index (χ1v) is 8.52. The van der Waals surface area contributed by atoms with Crippen molar-refractivity contribution < 1.29 is 14.3 Å². The van der Waals surface area contributed by atoms with E-state index >= 15 is 0 Å².